The summed E-state index contributed by atoms with van der Waals surface area (Å²) < 4.78 is 78.8. The number of aliphatic hydroxyl groups excluding tert-OH is 1. The molecule has 2 fully saturated rings. The minimum absolute atomic E-state index is 0. The number of aliphatic hydroxyl groups is 1. The number of nitrogens with zero attached hydrogens (tertiary/aromatic N) is 2. The molecule has 0 radical (unpaired) electrons. The smallest absolute Gasteiger partial charge is 0.407 e. The molecule has 22 heteroatoms. The maximum Gasteiger partial charge on any atom is 0.407 e. The highest BCUT2D eigenvalue weighted by molar-refractivity contribution is 7.94. The lowest BCUT2D eigenvalue weighted by Crippen LogP contribution is -2.44. The van der Waals surface area contributed by atoms with Gasteiger partial charge >= 0.3 is 12.1 Å². The summed E-state index contributed by atoms with van der Waals surface area (Å²) >= 11 is 0. The van der Waals surface area contributed by atoms with Gasteiger partial charge in [-0.25, -0.2) is 14.6 Å². The van der Waals surface area contributed by atoms with Gasteiger partial charge in [0.2, 0.25) is 44.1 Å². The number of aryl methyl sites for hydroxylation is 6. The van der Waals surface area contributed by atoms with Gasteiger partial charge in [-0.05, 0) is 162 Å². The number of benzene rings is 9. The fourth-order valence-electron chi connectivity index (χ4n) is 18.1. The normalized spacial score (nSPS) is 17.2. The lowest BCUT2D eigenvalue weighted by atomic mass is 9.60. The number of amides is 1. The van der Waals surface area contributed by atoms with E-state index in [0.717, 1.165) is 54.4 Å². The molecule has 2 aliphatic rings. The van der Waals surface area contributed by atoms with E-state index in [2.05, 4.69) is 51.9 Å². The second kappa shape index (κ2) is 41.6. The third-order valence-electron chi connectivity index (χ3n) is 22.2. The molecule has 2 saturated carbocycles. The molecular weight excluding hydrogens is 1570 g/mol. The number of ether oxygens (including phenoxy) is 6. The molecule has 2 N–H and O–H groups in total. The predicted octanol–water partition coefficient (Wildman–Crippen LogP) is 19.0. The van der Waals surface area contributed by atoms with Gasteiger partial charge < -0.3 is 52.5 Å². The van der Waals surface area contributed by atoms with Gasteiger partial charge in [-0.15, -0.1) is 0 Å². The van der Waals surface area contributed by atoms with E-state index in [1.165, 1.54) is 0 Å². The van der Waals surface area contributed by atoms with Crippen LogP contribution in [0.3, 0.4) is 0 Å². The summed E-state index contributed by atoms with van der Waals surface area (Å²) in [4.78, 5) is 83.3. The van der Waals surface area contributed by atoms with Crippen molar-refractivity contribution in [2.24, 2.45) is 32.6 Å². The first-order chi connectivity index (χ1) is 56.5. The molecule has 4 atom stereocenters. The molecule has 120 heavy (non-hydrogen) atoms. The van der Waals surface area contributed by atoms with Crippen molar-refractivity contribution in [3.8, 4) is 23.5 Å². The Balaban J connectivity index is 0.000000315. The SMILES string of the molecule is C.CC1(C)CC(OC#N)CC(C)(CN=C=O)C1.Cc1cc(C)c(C(=O)P(=O)(c2ccccc2)c2ccccc2)c(C)c1OCCO.Cc1cc(C)c(C(=O)P(=O)(c2ccccc2)c2ccccc2)c(C)c1OCCOC(=O)CC1CC(C)(C)CC(C)(CNC(=O)OCCOc2c(C)cc(C)c(C(=O)P(=O)(c3ccccc3)c3ccccc3)c2C)C1. The predicted molar refractivity (Wildman–Crippen MR) is 478 cm³/mol. The number of aliphatic imine (C=N–C) groups is 1. The Morgan fingerprint density at radius 1 is 0.450 bits per heavy atom. The average Bonchev–Trinajstić information content (AvgIpc) is 0.753. The van der Waals surface area contributed by atoms with Gasteiger partial charge in [0, 0.05) is 78.2 Å². The Morgan fingerprint density at radius 2 is 0.775 bits per heavy atom. The second-order valence-corrected chi connectivity index (χ2v) is 41.7. The first-order valence-electron chi connectivity index (χ1n) is 40.2. The zero-order chi connectivity index (χ0) is 86.7. The quantitative estimate of drug-likeness (QED) is 0.0106. The number of esters is 1. The van der Waals surface area contributed by atoms with Gasteiger partial charge in [0.1, 0.15) is 56.4 Å². The lowest BCUT2D eigenvalue weighted by molar-refractivity contribution is -0.146. The van der Waals surface area contributed by atoms with Crippen molar-refractivity contribution in [2.45, 2.75) is 162 Å². The van der Waals surface area contributed by atoms with E-state index >= 15 is 0 Å². The third-order valence-corrected chi connectivity index (χ3v) is 30.7. The average molecular weight is 1680 g/mol. The molecule has 9 aromatic rings. The summed E-state index contributed by atoms with van der Waals surface area (Å²) in [5.74, 6) is 1.18. The van der Waals surface area contributed by atoms with E-state index < -0.39 is 44.1 Å². The van der Waals surface area contributed by atoms with Crippen LogP contribution < -0.4 is 51.4 Å². The number of carbonyl (C=O) groups is 5. The number of isocyanates is 1. The minimum atomic E-state index is -3.77. The Hall–Kier alpha value is -10.6. The molecule has 4 unspecified atom stereocenters. The summed E-state index contributed by atoms with van der Waals surface area (Å²) in [6.07, 6.45) is 7.86. The summed E-state index contributed by atoms with van der Waals surface area (Å²) in [6, 6.07) is 58.8. The van der Waals surface area contributed by atoms with Crippen LogP contribution in [0, 0.1) is 101 Å². The number of nitrogens with one attached hydrogen (secondary N) is 1. The van der Waals surface area contributed by atoms with Crippen LogP contribution in [0.25, 0.3) is 0 Å². The van der Waals surface area contributed by atoms with Crippen LogP contribution in [-0.2, 0) is 37.5 Å². The summed E-state index contributed by atoms with van der Waals surface area (Å²) in [6.45, 7) is 30.3. The zero-order valence-electron chi connectivity index (χ0n) is 71.1. The van der Waals surface area contributed by atoms with Gasteiger partial charge in [-0.2, -0.15) is 5.26 Å². The highest BCUT2D eigenvalue weighted by Gasteiger charge is 2.46. The van der Waals surface area contributed by atoms with E-state index in [4.69, 9.17) is 38.8 Å². The Morgan fingerprint density at radius 3 is 1.11 bits per heavy atom. The van der Waals surface area contributed by atoms with Crippen LogP contribution in [0.2, 0.25) is 0 Å². The van der Waals surface area contributed by atoms with Crippen LogP contribution in [0.15, 0.2) is 205 Å². The number of rotatable bonds is 30. The van der Waals surface area contributed by atoms with Crippen molar-refractivity contribution in [3.63, 3.8) is 0 Å². The molecule has 2 aliphatic carbocycles. The fraction of sp³-hybridized carbons (Fsp3) is 0.378. The molecule has 9 aromatic carbocycles. The van der Waals surface area contributed by atoms with Gasteiger partial charge in [0.05, 0.1) is 13.2 Å². The molecular formula is C98H116N3O16P3. The minimum Gasteiger partial charge on any atom is -0.491 e. The van der Waals surface area contributed by atoms with Crippen molar-refractivity contribution in [3.05, 3.63) is 267 Å². The molecule has 11 rings (SSSR count). The number of carbonyl (C=O) groups excluding carboxylic acids is 6. The summed E-state index contributed by atoms with van der Waals surface area (Å²) in [5.41, 5.74) is 5.80. The van der Waals surface area contributed by atoms with E-state index in [1.807, 2.05) is 96.1 Å². The van der Waals surface area contributed by atoms with Gasteiger partial charge in [-0.3, -0.25) is 19.2 Å². The fourth-order valence-corrected chi connectivity index (χ4v) is 26.0. The number of nitriles is 1. The van der Waals surface area contributed by atoms with Crippen LogP contribution in [0.1, 0.15) is 175 Å². The summed E-state index contributed by atoms with van der Waals surface area (Å²) in [5, 5.41) is 23.5. The molecule has 0 spiro atoms. The Labute approximate surface area is 708 Å². The number of hydrogen-bond donors (Lipinski definition) is 2. The number of alkyl carbamates (subject to hydrolysis) is 1. The topological polar surface area (TPSA) is 277 Å². The molecule has 19 nitrogen and oxygen atoms in total. The molecule has 0 aliphatic heterocycles. The van der Waals surface area contributed by atoms with Crippen LogP contribution in [0.5, 0.6) is 17.2 Å². The molecule has 0 bridgehead atoms. The highest BCUT2D eigenvalue weighted by Crippen LogP contribution is 2.54. The second-order valence-electron chi connectivity index (χ2n) is 33.7. The van der Waals surface area contributed by atoms with Gasteiger partial charge in [-0.1, -0.05) is 249 Å². The maximum absolute atomic E-state index is 15.0. The Kier molecular flexibility index (Phi) is 32.9. The highest BCUT2D eigenvalue weighted by atomic mass is 31.2. The van der Waals surface area contributed by atoms with Crippen molar-refractivity contribution >= 4 is 88.0 Å². The van der Waals surface area contributed by atoms with E-state index in [-0.39, 0.29) is 93.1 Å². The Bertz CT molecular complexity index is 5210. The largest absolute Gasteiger partial charge is 0.491 e. The maximum atomic E-state index is 15.0. The van der Waals surface area contributed by atoms with Crippen LogP contribution >= 0.6 is 21.4 Å². The van der Waals surface area contributed by atoms with Crippen LogP contribution in [0.4, 0.5) is 4.79 Å². The monoisotopic (exact) mass is 1680 g/mol. The molecule has 0 heterocycles. The lowest BCUT2D eigenvalue weighted by Gasteiger charge is -2.46. The van der Waals surface area contributed by atoms with Gasteiger partial charge in [0.25, 0.3) is 6.26 Å². The van der Waals surface area contributed by atoms with Gasteiger partial charge in [0.15, 0.2) is 0 Å². The van der Waals surface area contributed by atoms with Crippen LogP contribution in [-0.4, -0.2) is 98.7 Å². The van der Waals surface area contributed by atoms with E-state index in [9.17, 15) is 42.5 Å². The van der Waals surface area contributed by atoms with E-state index in [0.29, 0.717) is 113 Å². The van der Waals surface area contributed by atoms with Crippen molar-refractivity contribution in [1.82, 2.24) is 5.32 Å². The van der Waals surface area contributed by atoms with Crippen molar-refractivity contribution < 1.29 is 76.0 Å². The van der Waals surface area contributed by atoms with E-state index in [1.54, 1.807) is 179 Å². The standard InChI is InChI=1S/C61H69NO10P2.C24H25O4P.C12H18N2O2.CH4/c1-41-34-43(3)55(45(5)53(41)57(64)73(67,48-22-14-10-15-23-48)49-24-16-11-17-25-49)70-31-30-69-52(63)36-47-37-60(7,8)39-61(9,38-47)40-62-59(66)72-33-32-71-56-44(4)35-42(2)54(46(56)6)58(65)74(68,50-26-18-12-19-27-50)51-28-20-13-21-29-51;1-17-16-18(2)23(28-15-14-25)19(3)22(17)24(26)29(27,20-10-6-4-7-11-20)21-12-8-5-9-13-21;1-11(2)4-10(16-8-13)5-12(3,6-11)7-14-9-15;/h10-29,34-35,47H,30-33,36-40H2,1-9H3,(H,62,66);4-13,16,25H,14-15H2,1-3H3;10H,4-7H2,1-3H3;1H4. The first-order valence-corrected chi connectivity index (χ1v) is 45.4. The summed E-state index contributed by atoms with van der Waals surface area (Å²) in [7, 11) is -11.1. The first kappa shape index (κ1) is 94.9. The third kappa shape index (κ3) is 22.7. The van der Waals surface area contributed by atoms with Crippen molar-refractivity contribution in [1.29, 1.82) is 5.26 Å². The molecule has 1 amide bonds. The molecule has 634 valence electrons. The molecule has 0 aromatic heterocycles. The van der Waals surface area contributed by atoms with Crippen molar-refractivity contribution in [2.75, 3.05) is 52.7 Å². The zero-order valence-corrected chi connectivity index (χ0v) is 73.8. The molecule has 0 saturated heterocycles. The number of hydrogen-bond acceptors (Lipinski definition) is 18.